The number of hydrogen-bond donors (Lipinski definition) is 2. The molecule has 94 valence electrons. The van der Waals surface area contributed by atoms with Crippen LogP contribution < -0.4 is 10.6 Å². The Morgan fingerprint density at radius 3 is 2.56 bits per heavy atom. The molecule has 1 atom stereocenters. The fraction of sp³-hybridized carbons (Fsp3) is 0.750. The van der Waals surface area contributed by atoms with Gasteiger partial charge in [-0.15, -0.1) is 0 Å². The number of nitrogens with one attached hydrogen (secondary N) is 2. The van der Waals surface area contributed by atoms with E-state index in [-0.39, 0.29) is 6.61 Å². The first-order valence-electron chi connectivity index (χ1n) is 4.39. The topological polar surface area (TPSA) is 67.4 Å². The molecule has 0 spiro atoms. The Bertz CT molecular complexity index is 233. The van der Waals surface area contributed by atoms with Crippen LogP contribution in [0.25, 0.3) is 0 Å². The first kappa shape index (κ1) is 14.8. The fourth-order valence-corrected chi connectivity index (χ4v) is 0.933. The number of carbonyl (C=O) groups excluding carboxylic acids is 2. The summed E-state index contributed by atoms with van der Waals surface area (Å²) in [5.74, 6) is -0.571. The molecule has 0 aromatic carbocycles. The van der Waals surface area contributed by atoms with Gasteiger partial charge in [0.1, 0.15) is 6.04 Å². The van der Waals surface area contributed by atoms with Gasteiger partial charge in [0.15, 0.2) is 5.78 Å². The van der Waals surface area contributed by atoms with E-state index >= 15 is 0 Å². The molecule has 0 aliphatic carbocycles. The summed E-state index contributed by atoms with van der Waals surface area (Å²) >= 11 is 0. The van der Waals surface area contributed by atoms with Gasteiger partial charge in [0, 0.05) is 7.11 Å². The predicted molar refractivity (Wildman–Crippen MR) is 48.8 cm³/mol. The van der Waals surface area contributed by atoms with Gasteiger partial charge in [0.25, 0.3) is 0 Å². The number of ether oxygens (including phenoxy) is 1. The quantitative estimate of drug-likeness (QED) is 0.561. The zero-order valence-corrected chi connectivity index (χ0v) is 8.63. The average molecular weight is 242 g/mol. The lowest BCUT2D eigenvalue weighted by Crippen LogP contribution is -2.45. The molecule has 0 bridgehead atoms. The predicted octanol–water partition coefficient (Wildman–Crippen LogP) is -0.532. The Morgan fingerprint density at radius 2 is 2.12 bits per heavy atom. The van der Waals surface area contributed by atoms with Crippen molar-refractivity contribution in [3.8, 4) is 0 Å². The van der Waals surface area contributed by atoms with Crippen LogP contribution in [0.1, 0.15) is 0 Å². The van der Waals surface area contributed by atoms with E-state index in [4.69, 9.17) is 0 Å². The van der Waals surface area contributed by atoms with Crippen molar-refractivity contribution in [1.29, 1.82) is 0 Å². The minimum Gasteiger partial charge on any atom is -0.382 e. The molecule has 0 heterocycles. The number of carbonyl (C=O) groups is 2. The molecule has 0 fully saturated rings. The maximum atomic E-state index is 11.7. The number of hydrogen-bond acceptors (Lipinski definition) is 4. The highest BCUT2D eigenvalue weighted by atomic mass is 19.4. The van der Waals surface area contributed by atoms with Crippen LogP contribution >= 0.6 is 0 Å². The highest BCUT2D eigenvalue weighted by Crippen LogP contribution is 2.11. The van der Waals surface area contributed by atoms with Crippen molar-refractivity contribution in [2.24, 2.45) is 0 Å². The monoisotopic (exact) mass is 242 g/mol. The maximum absolute atomic E-state index is 11.7. The molecule has 0 saturated heterocycles. The number of alkyl halides is 3. The highest BCUT2D eigenvalue weighted by molar-refractivity contribution is 5.87. The molecule has 0 aliphatic rings. The van der Waals surface area contributed by atoms with Crippen LogP contribution in [-0.4, -0.2) is 51.2 Å². The average Bonchev–Trinajstić information content (AvgIpc) is 2.15. The van der Waals surface area contributed by atoms with Crippen molar-refractivity contribution in [3.63, 3.8) is 0 Å². The van der Waals surface area contributed by atoms with Crippen LogP contribution in [0.15, 0.2) is 0 Å². The zero-order valence-electron chi connectivity index (χ0n) is 8.63. The molecule has 2 N–H and O–H groups in total. The Kier molecular flexibility index (Phi) is 6.66. The molecular formula is C8H13F3N2O3. The molecule has 0 radical (unpaired) electrons. The van der Waals surface area contributed by atoms with E-state index in [9.17, 15) is 22.8 Å². The largest absolute Gasteiger partial charge is 0.401 e. The number of amides is 1. The fourth-order valence-electron chi connectivity index (χ4n) is 0.933. The Morgan fingerprint density at radius 1 is 1.50 bits per heavy atom. The Hall–Kier alpha value is -1.15. The normalized spacial score (nSPS) is 13.2. The highest BCUT2D eigenvalue weighted by Gasteiger charge is 2.27. The summed E-state index contributed by atoms with van der Waals surface area (Å²) in [6.07, 6.45) is -4.07. The van der Waals surface area contributed by atoms with Gasteiger partial charge in [0.05, 0.1) is 19.7 Å². The van der Waals surface area contributed by atoms with Crippen molar-refractivity contribution >= 4 is 12.2 Å². The standard InChI is InChI=1S/C8H13F3N2O3/c1-16-3-6(13-5-14)7(15)2-12-4-8(9,10)11/h5-6,12H,2-4H2,1H3,(H,13,14). The number of halogens is 3. The van der Waals surface area contributed by atoms with Crippen LogP contribution in [0.2, 0.25) is 0 Å². The van der Waals surface area contributed by atoms with Crippen LogP contribution in [0.5, 0.6) is 0 Å². The summed E-state index contributed by atoms with van der Waals surface area (Å²) in [7, 11) is 1.32. The van der Waals surface area contributed by atoms with Gasteiger partial charge in [0.2, 0.25) is 6.41 Å². The molecule has 8 heteroatoms. The van der Waals surface area contributed by atoms with E-state index < -0.39 is 31.1 Å². The van der Waals surface area contributed by atoms with Crippen LogP contribution in [0.4, 0.5) is 13.2 Å². The minimum atomic E-state index is -4.37. The minimum absolute atomic E-state index is 0.0781. The van der Waals surface area contributed by atoms with E-state index in [0.717, 1.165) is 0 Å². The third-order valence-corrected chi connectivity index (χ3v) is 1.62. The van der Waals surface area contributed by atoms with Gasteiger partial charge >= 0.3 is 6.18 Å². The summed E-state index contributed by atoms with van der Waals surface area (Å²) in [6.45, 7) is -1.81. The Balaban J connectivity index is 3.96. The molecule has 0 rings (SSSR count). The lowest BCUT2D eigenvalue weighted by atomic mass is 10.2. The second-order valence-corrected chi connectivity index (χ2v) is 2.98. The second kappa shape index (κ2) is 7.18. The third-order valence-electron chi connectivity index (χ3n) is 1.62. The van der Waals surface area contributed by atoms with Gasteiger partial charge in [-0.05, 0) is 0 Å². The van der Waals surface area contributed by atoms with Crippen molar-refractivity contribution in [1.82, 2.24) is 10.6 Å². The molecular weight excluding hydrogens is 229 g/mol. The van der Waals surface area contributed by atoms with Gasteiger partial charge < -0.3 is 15.4 Å². The van der Waals surface area contributed by atoms with E-state index in [2.05, 4.69) is 10.1 Å². The van der Waals surface area contributed by atoms with E-state index in [1.165, 1.54) is 7.11 Å². The van der Waals surface area contributed by atoms with Gasteiger partial charge in [-0.25, -0.2) is 0 Å². The molecule has 16 heavy (non-hydrogen) atoms. The first-order chi connectivity index (χ1) is 7.40. The lowest BCUT2D eigenvalue weighted by molar-refractivity contribution is -0.130. The van der Waals surface area contributed by atoms with Gasteiger partial charge in [-0.3, -0.25) is 9.59 Å². The van der Waals surface area contributed by atoms with E-state index in [0.29, 0.717) is 6.41 Å². The molecule has 0 aromatic heterocycles. The smallest absolute Gasteiger partial charge is 0.382 e. The van der Waals surface area contributed by atoms with Gasteiger partial charge in [-0.1, -0.05) is 0 Å². The lowest BCUT2D eigenvalue weighted by Gasteiger charge is -2.14. The van der Waals surface area contributed by atoms with Crippen molar-refractivity contribution in [3.05, 3.63) is 0 Å². The van der Waals surface area contributed by atoms with Crippen molar-refractivity contribution in [2.75, 3.05) is 26.8 Å². The van der Waals surface area contributed by atoms with Crippen LogP contribution in [-0.2, 0) is 14.3 Å². The summed E-state index contributed by atoms with van der Waals surface area (Å²) in [6, 6.07) is -0.928. The zero-order chi connectivity index (χ0) is 12.6. The molecule has 0 aromatic rings. The Labute approximate surface area is 90.3 Å². The third kappa shape index (κ3) is 7.18. The second-order valence-electron chi connectivity index (χ2n) is 2.98. The van der Waals surface area contributed by atoms with Crippen molar-refractivity contribution < 1.29 is 27.5 Å². The summed E-state index contributed by atoms with van der Waals surface area (Å²) in [5.41, 5.74) is 0. The summed E-state index contributed by atoms with van der Waals surface area (Å²) < 4.78 is 39.8. The van der Waals surface area contributed by atoms with E-state index in [1.54, 1.807) is 0 Å². The number of rotatable bonds is 8. The van der Waals surface area contributed by atoms with Crippen molar-refractivity contribution in [2.45, 2.75) is 12.2 Å². The molecule has 1 unspecified atom stereocenters. The van der Waals surface area contributed by atoms with Crippen LogP contribution in [0, 0.1) is 0 Å². The maximum Gasteiger partial charge on any atom is 0.401 e. The molecule has 5 nitrogen and oxygen atoms in total. The number of methoxy groups -OCH3 is 1. The SMILES string of the molecule is COCC(NC=O)C(=O)CNCC(F)(F)F. The molecule has 0 saturated carbocycles. The van der Waals surface area contributed by atoms with E-state index in [1.807, 2.05) is 5.32 Å². The first-order valence-corrected chi connectivity index (χ1v) is 4.39. The molecule has 1 amide bonds. The number of ketones is 1. The summed E-state index contributed by atoms with van der Waals surface area (Å²) in [4.78, 5) is 21.4. The van der Waals surface area contributed by atoms with Gasteiger partial charge in [-0.2, -0.15) is 13.2 Å². The number of Topliss-reactive ketones (excluding diaryl/α,β-unsaturated/α-hetero) is 1. The summed E-state index contributed by atoms with van der Waals surface area (Å²) in [5, 5.41) is 4.09. The van der Waals surface area contributed by atoms with Crippen LogP contribution in [0.3, 0.4) is 0 Å². The molecule has 0 aliphatic heterocycles.